The third-order valence-electron chi connectivity index (χ3n) is 3.67. The molecule has 1 N–H and O–H groups in total. The molecule has 0 unspecified atom stereocenters. The largest absolute Gasteiger partial charge is 0.325 e. The molecule has 2 rings (SSSR count). The first-order valence-corrected chi connectivity index (χ1v) is 8.14. The molecule has 2 amide bonds. The predicted octanol–water partition coefficient (Wildman–Crippen LogP) is 4.60. The van der Waals surface area contributed by atoms with Gasteiger partial charge in [-0.2, -0.15) is 0 Å². The molecular weight excluding hydrogens is 347 g/mol. The maximum Gasteiger partial charge on any atom is 0.244 e. The molecule has 0 aliphatic heterocycles. The van der Waals surface area contributed by atoms with Crippen molar-refractivity contribution in [3.63, 3.8) is 0 Å². The second-order valence-corrected chi connectivity index (χ2v) is 6.39. The van der Waals surface area contributed by atoms with Gasteiger partial charge in [0, 0.05) is 17.6 Å². The van der Waals surface area contributed by atoms with Crippen LogP contribution in [0, 0.1) is 13.8 Å². The zero-order chi connectivity index (χ0) is 17.9. The number of hydrogen-bond acceptors (Lipinski definition) is 2. The fourth-order valence-electron chi connectivity index (χ4n) is 2.22. The van der Waals surface area contributed by atoms with Crippen LogP contribution < -0.4 is 10.2 Å². The summed E-state index contributed by atoms with van der Waals surface area (Å²) in [5.41, 5.74) is 3.31. The minimum atomic E-state index is -0.315. The molecular formula is C18H18Cl2N2O2. The van der Waals surface area contributed by atoms with E-state index in [1.165, 1.54) is 11.8 Å². The Balaban J connectivity index is 2.18. The van der Waals surface area contributed by atoms with Crippen LogP contribution in [0.1, 0.15) is 18.1 Å². The van der Waals surface area contributed by atoms with Gasteiger partial charge < -0.3 is 10.2 Å². The average molecular weight is 365 g/mol. The number of amides is 2. The summed E-state index contributed by atoms with van der Waals surface area (Å²) in [6.45, 7) is 5.20. The SMILES string of the molecule is CC(=O)N(CC(=O)Nc1ccc(C)c(C)c1)c1cc(Cl)ccc1Cl. The van der Waals surface area contributed by atoms with Gasteiger partial charge in [-0.15, -0.1) is 0 Å². The molecule has 2 aromatic carbocycles. The zero-order valence-electron chi connectivity index (χ0n) is 13.7. The molecule has 0 heterocycles. The summed E-state index contributed by atoms with van der Waals surface area (Å²) in [6.07, 6.45) is 0. The van der Waals surface area contributed by atoms with E-state index < -0.39 is 0 Å². The molecule has 0 fully saturated rings. The van der Waals surface area contributed by atoms with E-state index in [-0.39, 0.29) is 18.4 Å². The van der Waals surface area contributed by atoms with Gasteiger partial charge in [-0.1, -0.05) is 29.3 Å². The van der Waals surface area contributed by atoms with E-state index in [4.69, 9.17) is 23.2 Å². The number of hydrogen-bond donors (Lipinski definition) is 1. The predicted molar refractivity (Wildman–Crippen MR) is 99.0 cm³/mol. The molecule has 24 heavy (non-hydrogen) atoms. The van der Waals surface area contributed by atoms with Gasteiger partial charge in [0.15, 0.2) is 0 Å². The van der Waals surface area contributed by atoms with Crippen molar-refractivity contribution in [2.75, 3.05) is 16.8 Å². The van der Waals surface area contributed by atoms with Crippen LogP contribution in [0.2, 0.25) is 10.0 Å². The van der Waals surface area contributed by atoms with Gasteiger partial charge >= 0.3 is 0 Å². The highest BCUT2D eigenvalue weighted by Gasteiger charge is 2.19. The van der Waals surface area contributed by atoms with E-state index in [0.717, 1.165) is 11.1 Å². The third-order valence-corrected chi connectivity index (χ3v) is 4.23. The van der Waals surface area contributed by atoms with Crippen LogP contribution in [-0.2, 0) is 9.59 Å². The number of nitrogens with one attached hydrogen (secondary N) is 1. The Labute approximate surface area is 151 Å². The van der Waals surface area contributed by atoms with Crippen LogP contribution in [0.3, 0.4) is 0 Å². The summed E-state index contributed by atoms with van der Waals surface area (Å²) in [5, 5.41) is 3.59. The lowest BCUT2D eigenvalue weighted by Crippen LogP contribution is -2.36. The second kappa shape index (κ2) is 7.69. The third kappa shape index (κ3) is 4.49. The highest BCUT2D eigenvalue weighted by molar-refractivity contribution is 6.35. The molecule has 0 spiro atoms. The number of benzene rings is 2. The van der Waals surface area contributed by atoms with Crippen molar-refractivity contribution in [3.05, 3.63) is 57.6 Å². The van der Waals surface area contributed by atoms with Crippen LogP contribution in [0.15, 0.2) is 36.4 Å². The Morgan fingerprint density at radius 2 is 1.75 bits per heavy atom. The summed E-state index contributed by atoms with van der Waals surface area (Å²) in [5.74, 6) is -0.612. The maximum atomic E-state index is 12.3. The maximum absolute atomic E-state index is 12.3. The highest BCUT2D eigenvalue weighted by atomic mass is 35.5. The van der Waals surface area contributed by atoms with Crippen LogP contribution in [0.5, 0.6) is 0 Å². The Bertz CT molecular complexity index is 791. The van der Waals surface area contributed by atoms with E-state index in [1.807, 2.05) is 32.0 Å². The number of halogens is 2. The summed E-state index contributed by atoms with van der Waals surface area (Å²) < 4.78 is 0. The van der Waals surface area contributed by atoms with Gasteiger partial charge in [0.25, 0.3) is 0 Å². The number of anilines is 2. The Kier molecular flexibility index (Phi) is 5.86. The van der Waals surface area contributed by atoms with Crippen molar-refractivity contribution >= 4 is 46.4 Å². The molecule has 4 nitrogen and oxygen atoms in total. The van der Waals surface area contributed by atoms with Gasteiger partial charge in [-0.3, -0.25) is 9.59 Å². The molecule has 0 bridgehead atoms. The molecule has 0 aromatic heterocycles. The zero-order valence-corrected chi connectivity index (χ0v) is 15.2. The van der Waals surface area contributed by atoms with Gasteiger partial charge in [-0.05, 0) is 55.3 Å². The van der Waals surface area contributed by atoms with E-state index in [2.05, 4.69) is 5.32 Å². The Hall–Kier alpha value is -2.04. The minimum absolute atomic E-state index is 0.150. The number of carbonyl (C=O) groups excluding carboxylic acids is 2. The lowest BCUT2D eigenvalue weighted by atomic mass is 10.1. The molecule has 126 valence electrons. The Morgan fingerprint density at radius 3 is 2.38 bits per heavy atom. The highest BCUT2D eigenvalue weighted by Crippen LogP contribution is 2.29. The molecule has 0 aliphatic carbocycles. The molecule has 0 atom stereocenters. The smallest absolute Gasteiger partial charge is 0.244 e. The molecule has 0 radical (unpaired) electrons. The fraction of sp³-hybridized carbons (Fsp3) is 0.222. The molecule has 0 aliphatic rings. The quantitative estimate of drug-likeness (QED) is 0.861. The summed E-state index contributed by atoms with van der Waals surface area (Å²) in [6, 6.07) is 10.4. The van der Waals surface area contributed by atoms with E-state index in [1.54, 1.807) is 18.2 Å². The standard InChI is InChI=1S/C18H18Cl2N2O2/c1-11-4-6-15(8-12(11)2)21-18(24)10-22(13(3)23)17-9-14(19)5-7-16(17)20/h4-9H,10H2,1-3H3,(H,21,24). The molecule has 0 saturated heterocycles. The first-order valence-electron chi connectivity index (χ1n) is 7.38. The summed E-state index contributed by atoms with van der Waals surface area (Å²) in [7, 11) is 0. The molecule has 2 aromatic rings. The lowest BCUT2D eigenvalue weighted by molar-refractivity contribution is -0.120. The van der Waals surface area contributed by atoms with Crippen molar-refractivity contribution in [3.8, 4) is 0 Å². The topological polar surface area (TPSA) is 49.4 Å². The van der Waals surface area contributed by atoms with Gasteiger partial charge in [0.05, 0.1) is 10.7 Å². The van der Waals surface area contributed by atoms with E-state index >= 15 is 0 Å². The lowest BCUT2D eigenvalue weighted by Gasteiger charge is -2.22. The number of aryl methyl sites for hydroxylation is 2. The first-order chi connectivity index (χ1) is 11.3. The number of carbonyl (C=O) groups is 2. The van der Waals surface area contributed by atoms with E-state index in [0.29, 0.717) is 21.4 Å². The normalized spacial score (nSPS) is 10.4. The second-order valence-electron chi connectivity index (χ2n) is 5.55. The summed E-state index contributed by atoms with van der Waals surface area (Å²) in [4.78, 5) is 25.5. The summed E-state index contributed by atoms with van der Waals surface area (Å²) >= 11 is 12.1. The number of rotatable bonds is 4. The van der Waals surface area contributed by atoms with Crippen molar-refractivity contribution in [1.82, 2.24) is 0 Å². The van der Waals surface area contributed by atoms with Crippen LogP contribution >= 0.6 is 23.2 Å². The van der Waals surface area contributed by atoms with Gasteiger partial charge in [0.2, 0.25) is 11.8 Å². The van der Waals surface area contributed by atoms with Crippen molar-refractivity contribution in [2.45, 2.75) is 20.8 Å². The van der Waals surface area contributed by atoms with Crippen molar-refractivity contribution < 1.29 is 9.59 Å². The van der Waals surface area contributed by atoms with Crippen molar-refractivity contribution in [1.29, 1.82) is 0 Å². The number of nitrogens with zero attached hydrogens (tertiary/aromatic N) is 1. The van der Waals surface area contributed by atoms with Crippen LogP contribution in [-0.4, -0.2) is 18.4 Å². The Morgan fingerprint density at radius 1 is 1.04 bits per heavy atom. The average Bonchev–Trinajstić information content (AvgIpc) is 2.51. The minimum Gasteiger partial charge on any atom is -0.325 e. The van der Waals surface area contributed by atoms with Crippen LogP contribution in [0.25, 0.3) is 0 Å². The van der Waals surface area contributed by atoms with Gasteiger partial charge in [-0.25, -0.2) is 0 Å². The van der Waals surface area contributed by atoms with E-state index in [9.17, 15) is 9.59 Å². The molecule has 6 heteroatoms. The monoisotopic (exact) mass is 364 g/mol. The molecule has 0 saturated carbocycles. The van der Waals surface area contributed by atoms with Gasteiger partial charge in [0.1, 0.15) is 6.54 Å². The van der Waals surface area contributed by atoms with Crippen molar-refractivity contribution in [2.24, 2.45) is 0 Å². The van der Waals surface area contributed by atoms with Crippen LogP contribution in [0.4, 0.5) is 11.4 Å². The first kappa shape index (κ1) is 18.3. The fourth-order valence-corrected chi connectivity index (χ4v) is 2.61.